The average molecular weight is 421 g/mol. The van der Waals surface area contributed by atoms with E-state index in [2.05, 4.69) is 78.5 Å². The van der Waals surface area contributed by atoms with Crippen molar-refractivity contribution in [2.45, 2.75) is 17.0 Å². The van der Waals surface area contributed by atoms with E-state index in [4.69, 9.17) is 0 Å². The summed E-state index contributed by atoms with van der Waals surface area (Å²) in [5.74, 6) is 0. The number of nitrogens with zero attached hydrogens (tertiary/aromatic N) is 1. The number of hydrogen-bond acceptors (Lipinski definition) is 0. The molecule has 23 heavy (non-hydrogen) atoms. The summed E-state index contributed by atoms with van der Waals surface area (Å²) in [6.45, 7) is 2.28. The summed E-state index contributed by atoms with van der Waals surface area (Å²) < 4.78 is 4.70. The normalized spacial score (nSPS) is 18.0. The van der Waals surface area contributed by atoms with Crippen LogP contribution < -0.4 is 24.8 Å². The van der Waals surface area contributed by atoms with Gasteiger partial charge < -0.3 is 24.8 Å². The Morgan fingerprint density at radius 1 is 1.04 bits per heavy atom. The first-order valence-corrected chi connectivity index (χ1v) is 10.0. The molecule has 1 heterocycles. The van der Waals surface area contributed by atoms with Crippen molar-refractivity contribution in [3.63, 3.8) is 0 Å². The van der Waals surface area contributed by atoms with Crippen molar-refractivity contribution in [3.05, 3.63) is 80.9 Å². The Kier molecular flexibility index (Phi) is 6.31. The van der Waals surface area contributed by atoms with Crippen LogP contribution in [0.3, 0.4) is 0 Å². The Labute approximate surface area is 161 Å². The average Bonchev–Trinajstić information content (AvgIpc) is 3.21. The number of allylic oxidation sites excluding steroid dienone is 5. The quantitative estimate of drug-likeness (QED) is 0.591. The maximum absolute atomic E-state index is 2.39. The predicted molar refractivity (Wildman–Crippen MR) is 84.2 cm³/mol. The summed E-state index contributed by atoms with van der Waals surface area (Å²) in [7, 11) is 0. The van der Waals surface area contributed by atoms with Gasteiger partial charge in [-0.15, -0.1) is 0 Å². The van der Waals surface area contributed by atoms with E-state index in [1.807, 2.05) is 0 Å². The van der Waals surface area contributed by atoms with E-state index in [-0.39, 0.29) is 24.8 Å². The van der Waals surface area contributed by atoms with Gasteiger partial charge in [0, 0.05) is 0 Å². The molecule has 1 aromatic carbocycles. The molecule has 2 aromatic rings. The van der Waals surface area contributed by atoms with Crippen LogP contribution in [-0.4, -0.2) is 4.57 Å². The molecule has 1 unspecified atom stereocenters. The van der Waals surface area contributed by atoms with Crippen molar-refractivity contribution in [1.29, 1.82) is 0 Å². The molecule has 0 bridgehead atoms. The zero-order valence-electron chi connectivity index (χ0n) is 12.8. The zero-order chi connectivity index (χ0) is 14.2. The summed E-state index contributed by atoms with van der Waals surface area (Å²) in [5, 5.41) is 0. The van der Waals surface area contributed by atoms with Crippen LogP contribution in [0.1, 0.15) is 28.1 Å². The SMILES string of the molecule is CC1=[C]([Zr+2][CH]2C(n3cccc3)=Cc3ccccc32)CC=C1.[Cl-].[Cl-]. The minimum absolute atomic E-state index is 0. The van der Waals surface area contributed by atoms with E-state index < -0.39 is 23.2 Å². The van der Waals surface area contributed by atoms with Gasteiger partial charge in [0.15, 0.2) is 0 Å². The van der Waals surface area contributed by atoms with Gasteiger partial charge in [0.25, 0.3) is 0 Å². The van der Waals surface area contributed by atoms with Gasteiger partial charge in [0.1, 0.15) is 0 Å². The molecule has 0 amide bonds. The molecule has 1 aromatic heterocycles. The molecular weight excluding hydrogens is 404 g/mol. The second-order valence-electron chi connectivity index (χ2n) is 5.63. The van der Waals surface area contributed by atoms with Crippen molar-refractivity contribution in [2.75, 3.05) is 0 Å². The number of hydrogen-bond donors (Lipinski definition) is 0. The maximum Gasteiger partial charge on any atom is -1.00 e. The number of benzene rings is 1. The van der Waals surface area contributed by atoms with Crippen molar-refractivity contribution in [1.82, 2.24) is 4.57 Å². The van der Waals surface area contributed by atoms with Crippen LogP contribution in [0.25, 0.3) is 11.8 Å². The van der Waals surface area contributed by atoms with Gasteiger partial charge in [-0.2, -0.15) is 0 Å². The Balaban J connectivity index is 0.000000960. The number of halogens is 2. The van der Waals surface area contributed by atoms with E-state index in [1.54, 1.807) is 8.84 Å². The van der Waals surface area contributed by atoms with Crippen LogP contribution in [0, 0.1) is 0 Å². The third-order valence-electron chi connectivity index (χ3n) is 4.29. The minimum atomic E-state index is -0.660. The van der Waals surface area contributed by atoms with E-state index in [9.17, 15) is 0 Å². The van der Waals surface area contributed by atoms with Crippen molar-refractivity contribution < 1.29 is 48.0 Å². The van der Waals surface area contributed by atoms with Gasteiger partial charge in [-0.3, -0.25) is 0 Å². The Morgan fingerprint density at radius 3 is 2.48 bits per heavy atom. The summed E-state index contributed by atoms with van der Waals surface area (Å²) in [6, 6.07) is 13.2. The Morgan fingerprint density at radius 2 is 1.78 bits per heavy atom. The first kappa shape index (κ1) is 18.5. The van der Waals surface area contributed by atoms with Crippen molar-refractivity contribution >= 4 is 11.8 Å². The molecule has 2 aliphatic rings. The number of rotatable bonds is 3. The Bertz CT molecular complexity index is 772. The Hall–Kier alpha value is -0.817. The van der Waals surface area contributed by atoms with E-state index in [1.165, 1.54) is 23.3 Å². The standard InChI is InChI=1S/C13H10N.C6H7.2ClH.Zr/c1-2-6-12-10-13(9-11(12)5-1)14-7-3-4-8-14;1-6-4-2-3-5-6;;;/h1-10H;2,4H,3H2,1H3;2*1H;/q;;;;+2/p-2. The van der Waals surface area contributed by atoms with E-state index in [0.29, 0.717) is 3.63 Å². The van der Waals surface area contributed by atoms with E-state index in [0.717, 1.165) is 0 Å². The zero-order valence-corrected chi connectivity index (χ0v) is 16.8. The number of fused-ring (bicyclic) bond motifs is 1. The summed E-state index contributed by atoms with van der Waals surface area (Å²) in [6.07, 6.45) is 12.6. The largest absolute Gasteiger partial charge is 1.00 e. The van der Waals surface area contributed by atoms with E-state index >= 15 is 0 Å². The number of aromatic nitrogens is 1. The molecular formula is C19H17Cl2NZr. The van der Waals surface area contributed by atoms with Crippen LogP contribution in [0.2, 0.25) is 0 Å². The van der Waals surface area contributed by atoms with Crippen LogP contribution >= 0.6 is 0 Å². The molecule has 4 rings (SSSR count). The molecule has 0 aliphatic heterocycles. The van der Waals surface area contributed by atoms with Gasteiger partial charge in [-0.25, -0.2) is 0 Å². The van der Waals surface area contributed by atoms with Gasteiger partial charge in [0.05, 0.1) is 0 Å². The van der Waals surface area contributed by atoms with Gasteiger partial charge in [-0.05, 0) is 0 Å². The van der Waals surface area contributed by atoms with Gasteiger partial charge >= 0.3 is 137 Å². The fourth-order valence-electron chi connectivity index (χ4n) is 3.15. The van der Waals surface area contributed by atoms with Crippen LogP contribution in [0.5, 0.6) is 0 Å². The molecule has 1 atom stereocenters. The molecule has 0 N–H and O–H groups in total. The molecule has 0 spiro atoms. The topological polar surface area (TPSA) is 4.93 Å². The summed E-state index contributed by atoms with van der Waals surface area (Å²) in [5.41, 5.74) is 5.95. The van der Waals surface area contributed by atoms with Crippen molar-refractivity contribution in [2.24, 2.45) is 0 Å². The fraction of sp³-hybridized carbons (Fsp3) is 0.158. The monoisotopic (exact) mass is 419 g/mol. The first-order chi connectivity index (χ1) is 10.3. The first-order valence-electron chi connectivity index (χ1n) is 7.39. The second-order valence-corrected chi connectivity index (χ2v) is 9.25. The predicted octanol–water partition coefficient (Wildman–Crippen LogP) is -1.13. The summed E-state index contributed by atoms with van der Waals surface area (Å²) >= 11 is -0.660. The third-order valence-corrected chi connectivity index (χ3v) is 8.82. The third kappa shape index (κ3) is 3.50. The van der Waals surface area contributed by atoms with Crippen LogP contribution in [-0.2, 0) is 23.2 Å². The summed E-state index contributed by atoms with van der Waals surface area (Å²) in [4.78, 5) is 0. The van der Waals surface area contributed by atoms with Gasteiger partial charge in [-0.1, -0.05) is 0 Å². The fourth-order valence-corrected chi connectivity index (χ4v) is 7.31. The van der Waals surface area contributed by atoms with Gasteiger partial charge in [0.2, 0.25) is 0 Å². The second kappa shape index (κ2) is 7.84. The smallest absolute Gasteiger partial charge is 1.00 e. The molecule has 4 heteroatoms. The molecule has 116 valence electrons. The van der Waals surface area contributed by atoms with Crippen LogP contribution in [0.4, 0.5) is 0 Å². The van der Waals surface area contributed by atoms with Crippen LogP contribution in [0.15, 0.2) is 69.8 Å². The molecule has 0 fully saturated rings. The molecule has 2 aliphatic carbocycles. The molecule has 0 radical (unpaired) electrons. The minimum Gasteiger partial charge on any atom is -1.00 e. The van der Waals surface area contributed by atoms with Crippen molar-refractivity contribution in [3.8, 4) is 0 Å². The molecule has 1 nitrogen and oxygen atoms in total. The molecule has 0 saturated heterocycles. The maximum atomic E-state index is 2.39. The molecule has 0 saturated carbocycles.